The number of ether oxygens (including phenoxy) is 1. The van der Waals surface area contributed by atoms with Crippen LogP contribution in [0.3, 0.4) is 0 Å². The molecule has 0 aliphatic rings. The van der Waals surface area contributed by atoms with Crippen LogP contribution in [-0.2, 0) is 28.0 Å². The predicted octanol–water partition coefficient (Wildman–Crippen LogP) is 5.60. The molecule has 0 aliphatic heterocycles. The second-order valence-electron chi connectivity index (χ2n) is 8.59. The zero-order chi connectivity index (χ0) is 21.4. The second-order valence-corrected chi connectivity index (χ2v) is 8.59. The van der Waals surface area contributed by atoms with E-state index in [4.69, 9.17) is 4.74 Å². The molecule has 0 saturated carbocycles. The van der Waals surface area contributed by atoms with Gasteiger partial charge in [-0.3, -0.25) is 0 Å². The zero-order valence-electron chi connectivity index (χ0n) is 18.1. The van der Waals surface area contributed by atoms with Crippen molar-refractivity contribution in [2.45, 2.75) is 45.3 Å². The molecule has 3 aromatic rings. The van der Waals surface area contributed by atoms with Gasteiger partial charge in [0.15, 0.2) is 0 Å². The van der Waals surface area contributed by atoms with E-state index in [0.29, 0.717) is 6.54 Å². The Hall–Kier alpha value is -2.91. The molecule has 0 unspecified atom stereocenters. The first-order valence-electron chi connectivity index (χ1n) is 10.5. The number of hydrogen-bond donors (Lipinski definition) is 1. The van der Waals surface area contributed by atoms with E-state index in [1.807, 2.05) is 60.7 Å². The van der Waals surface area contributed by atoms with E-state index in [0.717, 1.165) is 17.5 Å². The first-order valence-corrected chi connectivity index (χ1v) is 10.5. The van der Waals surface area contributed by atoms with Crippen LogP contribution in [-0.4, -0.2) is 12.5 Å². The maximum Gasteiger partial charge on any atom is 0.328 e. The normalized spacial score (nSPS) is 12.4. The number of hydrogen-bond acceptors (Lipinski definition) is 3. The van der Waals surface area contributed by atoms with Crippen molar-refractivity contribution in [1.29, 1.82) is 0 Å². The summed E-state index contributed by atoms with van der Waals surface area (Å²) in [6, 6.07) is 27.8. The van der Waals surface area contributed by atoms with Gasteiger partial charge in [-0.15, -0.1) is 0 Å². The maximum atomic E-state index is 13.0. The van der Waals surface area contributed by atoms with Gasteiger partial charge >= 0.3 is 5.97 Å². The number of carbonyl (C=O) groups is 1. The number of nitrogens with one attached hydrogen (secondary N) is 1. The van der Waals surface area contributed by atoms with Gasteiger partial charge in [0.2, 0.25) is 0 Å². The summed E-state index contributed by atoms with van der Waals surface area (Å²) < 4.78 is 5.64. The minimum Gasteiger partial charge on any atom is -0.459 e. The first kappa shape index (κ1) is 21.8. The second kappa shape index (κ2) is 10.2. The molecule has 0 amide bonds. The summed E-state index contributed by atoms with van der Waals surface area (Å²) in [4.78, 5) is 13.0. The molecule has 1 N–H and O–H groups in total. The summed E-state index contributed by atoms with van der Waals surface area (Å²) in [5.74, 6) is -0.254. The number of benzene rings is 3. The SMILES string of the molecule is CC(C)(C)c1ccc([C@H](NCCc2ccccc2)C(=O)OCc2ccccc2)cc1. The molecule has 3 nitrogen and oxygen atoms in total. The summed E-state index contributed by atoms with van der Waals surface area (Å²) in [6.45, 7) is 7.52. The minimum absolute atomic E-state index is 0.0720. The van der Waals surface area contributed by atoms with Gasteiger partial charge in [-0.25, -0.2) is 4.79 Å². The molecule has 1 atom stereocenters. The third-order valence-corrected chi connectivity index (χ3v) is 5.17. The Bertz CT molecular complexity index is 913. The molecular formula is C27H31NO2. The highest BCUT2D eigenvalue weighted by atomic mass is 16.5. The number of rotatable bonds is 8. The lowest BCUT2D eigenvalue weighted by molar-refractivity contribution is -0.147. The zero-order valence-corrected chi connectivity index (χ0v) is 18.1. The van der Waals surface area contributed by atoms with Crippen LogP contribution >= 0.6 is 0 Å². The van der Waals surface area contributed by atoms with E-state index in [1.54, 1.807) is 0 Å². The summed E-state index contributed by atoms with van der Waals surface area (Å²) in [5.41, 5.74) is 4.46. The lowest BCUT2D eigenvalue weighted by Gasteiger charge is -2.22. The Morgan fingerprint density at radius 3 is 1.97 bits per heavy atom. The fourth-order valence-electron chi connectivity index (χ4n) is 3.33. The Morgan fingerprint density at radius 1 is 0.833 bits per heavy atom. The van der Waals surface area contributed by atoms with Crippen molar-refractivity contribution < 1.29 is 9.53 Å². The van der Waals surface area contributed by atoms with Crippen LogP contribution in [0.15, 0.2) is 84.9 Å². The average Bonchev–Trinajstić information content (AvgIpc) is 2.76. The van der Waals surface area contributed by atoms with E-state index < -0.39 is 6.04 Å². The van der Waals surface area contributed by atoms with Crippen LogP contribution in [0.2, 0.25) is 0 Å². The molecule has 0 heterocycles. The molecule has 0 saturated heterocycles. The third kappa shape index (κ3) is 6.30. The highest BCUT2D eigenvalue weighted by Crippen LogP contribution is 2.24. The fourth-order valence-corrected chi connectivity index (χ4v) is 3.33. The van der Waals surface area contributed by atoms with E-state index in [9.17, 15) is 4.79 Å². The van der Waals surface area contributed by atoms with Gasteiger partial charge in [0.25, 0.3) is 0 Å². The van der Waals surface area contributed by atoms with Crippen LogP contribution in [0, 0.1) is 0 Å². The molecular weight excluding hydrogens is 370 g/mol. The van der Waals surface area contributed by atoms with Crippen LogP contribution in [0.1, 0.15) is 49.1 Å². The summed E-state index contributed by atoms with van der Waals surface area (Å²) in [7, 11) is 0. The lowest BCUT2D eigenvalue weighted by atomic mass is 9.86. The highest BCUT2D eigenvalue weighted by molar-refractivity contribution is 5.77. The molecule has 0 fully saturated rings. The Kier molecular flexibility index (Phi) is 7.42. The smallest absolute Gasteiger partial charge is 0.328 e. The van der Waals surface area contributed by atoms with Crippen molar-refractivity contribution in [1.82, 2.24) is 5.32 Å². The van der Waals surface area contributed by atoms with E-state index in [-0.39, 0.29) is 18.0 Å². The maximum absolute atomic E-state index is 13.0. The van der Waals surface area contributed by atoms with Gasteiger partial charge in [0.1, 0.15) is 12.6 Å². The Balaban J connectivity index is 1.70. The van der Waals surface area contributed by atoms with Gasteiger partial charge in [0, 0.05) is 6.54 Å². The van der Waals surface area contributed by atoms with Gasteiger partial charge in [-0.1, -0.05) is 106 Å². The topological polar surface area (TPSA) is 38.3 Å². The van der Waals surface area contributed by atoms with Gasteiger partial charge in [-0.05, 0) is 34.1 Å². The lowest BCUT2D eigenvalue weighted by Crippen LogP contribution is -2.31. The van der Waals surface area contributed by atoms with Crippen LogP contribution in [0.25, 0.3) is 0 Å². The van der Waals surface area contributed by atoms with Crippen LogP contribution in [0.5, 0.6) is 0 Å². The monoisotopic (exact) mass is 401 g/mol. The Morgan fingerprint density at radius 2 is 1.40 bits per heavy atom. The van der Waals surface area contributed by atoms with Gasteiger partial charge in [0.05, 0.1) is 0 Å². The standard InChI is InChI=1S/C27H31NO2/c1-27(2,3)24-16-14-23(15-17-24)25(28-19-18-21-10-6-4-7-11-21)26(29)30-20-22-12-8-5-9-13-22/h4-17,25,28H,18-20H2,1-3H3/t25-/m0/s1. The number of carbonyl (C=O) groups excluding carboxylic acids is 1. The molecule has 156 valence electrons. The summed E-state index contributed by atoms with van der Waals surface area (Å²) in [5, 5.41) is 3.40. The highest BCUT2D eigenvalue weighted by Gasteiger charge is 2.23. The van der Waals surface area contributed by atoms with Crippen molar-refractivity contribution in [3.8, 4) is 0 Å². The van der Waals surface area contributed by atoms with E-state index >= 15 is 0 Å². The fraction of sp³-hybridized carbons (Fsp3) is 0.296. The van der Waals surface area contributed by atoms with Crippen molar-refractivity contribution >= 4 is 5.97 Å². The summed E-state index contributed by atoms with van der Waals surface area (Å²) in [6.07, 6.45) is 0.851. The largest absolute Gasteiger partial charge is 0.459 e. The minimum atomic E-state index is -0.494. The van der Waals surface area contributed by atoms with E-state index in [1.165, 1.54) is 11.1 Å². The molecule has 3 rings (SSSR count). The average molecular weight is 402 g/mol. The van der Waals surface area contributed by atoms with E-state index in [2.05, 4.69) is 50.4 Å². The summed E-state index contributed by atoms with van der Waals surface area (Å²) >= 11 is 0. The molecule has 0 radical (unpaired) electrons. The first-order chi connectivity index (χ1) is 14.4. The van der Waals surface area contributed by atoms with Crippen molar-refractivity contribution in [2.75, 3.05) is 6.54 Å². The molecule has 0 aliphatic carbocycles. The molecule has 3 aromatic carbocycles. The third-order valence-electron chi connectivity index (χ3n) is 5.17. The van der Waals surface area contributed by atoms with Crippen LogP contribution in [0.4, 0.5) is 0 Å². The molecule has 0 aromatic heterocycles. The van der Waals surface area contributed by atoms with Gasteiger partial charge in [-0.2, -0.15) is 0 Å². The molecule has 30 heavy (non-hydrogen) atoms. The number of esters is 1. The quantitative estimate of drug-likeness (QED) is 0.499. The van der Waals surface area contributed by atoms with Crippen molar-refractivity contribution in [3.05, 3.63) is 107 Å². The van der Waals surface area contributed by atoms with Crippen molar-refractivity contribution in [3.63, 3.8) is 0 Å². The predicted molar refractivity (Wildman–Crippen MR) is 122 cm³/mol. The van der Waals surface area contributed by atoms with Crippen molar-refractivity contribution in [2.24, 2.45) is 0 Å². The molecule has 3 heteroatoms. The van der Waals surface area contributed by atoms with Gasteiger partial charge < -0.3 is 10.1 Å². The Labute approximate surface area is 180 Å². The molecule has 0 spiro atoms. The molecule has 0 bridgehead atoms. The van der Waals surface area contributed by atoms with Crippen LogP contribution < -0.4 is 5.32 Å².